The summed E-state index contributed by atoms with van der Waals surface area (Å²) < 4.78 is 7.42. The highest BCUT2D eigenvalue weighted by Gasteiger charge is 2.33. The molecule has 3 N–H and O–H groups in total. The van der Waals surface area contributed by atoms with Crippen LogP contribution in [-0.2, 0) is 16.0 Å². The second-order valence-electron chi connectivity index (χ2n) is 8.22. The van der Waals surface area contributed by atoms with Gasteiger partial charge in [0.2, 0.25) is 0 Å². The van der Waals surface area contributed by atoms with E-state index in [1.165, 1.54) is 0 Å². The number of aromatic nitrogens is 2. The Kier molecular flexibility index (Phi) is 5.77. The summed E-state index contributed by atoms with van der Waals surface area (Å²) in [6.07, 6.45) is 9.30. The molecule has 8 nitrogen and oxygen atoms in total. The minimum Gasteiger partial charge on any atom is -0.380 e. The highest BCUT2D eigenvalue weighted by molar-refractivity contribution is 5.95. The lowest BCUT2D eigenvalue weighted by Crippen LogP contribution is -2.51. The summed E-state index contributed by atoms with van der Waals surface area (Å²) in [6, 6.07) is 13.0. The predicted molar refractivity (Wildman–Crippen MR) is 122 cm³/mol. The molecule has 33 heavy (non-hydrogen) atoms. The van der Waals surface area contributed by atoms with E-state index in [2.05, 4.69) is 21.9 Å². The molecule has 1 fully saturated rings. The lowest BCUT2D eigenvalue weighted by Gasteiger charge is -2.30. The molecule has 0 spiro atoms. The molecule has 2 aromatic heterocycles. The van der Waals surface area contributed by atoms with Crippen LogP contribution in [0, 0.1) is 5.92 Å². The standard InChI is InChI=1S/C25H24N4O4/c30-24(26-20-11-13-33-15-19(20)25(31)28-32)18-9-7-16(8-10-18)14-21-23(17-4-3-5-17)27-22-6-1-2-12-29(21)22/h1-10,12,19-20,32H,11,13-15H2,(H,26,30)(H,28,31)/t19-,20+/m0/s1. The number of benzene rings is 1. The topological polar surface area (TPSA) is 105 Å². The zero-order valence-electron chi connectivity index (χ0n) is 17.9. The third-order valence-corrected chi connectivity index (χ3v) is 6.16. The SMILES string of the molecule is O=C(N[C@@H]1CCOC[C@@H]1C(=O)NO)c1ccc(Cc2c(C3=CC=C3)nc3ccccn23)cc1. The van der Waals surface area contributed by atoms with Crippen molar-refractivity contribution in [1.82, 2.24) is 20.2 Å². The Morgan fingerprint density at radius 1 is 1.18 bits per heavy atom. The van der Waals surface area contributed by atoms with Gasteiger partial charge in [-0.15, -0.1) is 0 Å². The molecule has 168 valence electrons. The zero-order valence-corrected chi connectivity index (χ0v) is 17.9. The number of amides is 2. The quantitative estimate of drug-likeness (QED) is 0.400. The summed E-state index contributed by atoms with van der Waals surface area (Å²) in [5.74, 6) is -1.45. The maximum atomic E-state index is 12.8. The van der Waals surface area contributed by atoms with Crippen LogP contribution in [0.15, 0.2) is 66.9 Å². The second kappa shape index (κ2) is 9.01. The number of carbonyl (C=O) groups is 2. The van der Waals surface area contributed by atoms with Crippen molar-refractivity contribution in [1.29, 1.82) is 0 Å². The molecule has 1 aliphatic heterocycles. The fraction of sp³-hybridized carbons (Fsp3) is 0.240. The Balaban J connectivity index is 1.32. The first kappa shape index (κ1) is 21.1. The number of fused-ring (bicyclic) bond motifs is 1. The van der Waals surface area contributed by atoms with Gasteiger partial charge in [0.15, 0.2) is 0 Å². The van der Waals surface area contributed by atoms with Crippen molar-refractivity contribution < 1.29 is 19.5 Å². The van der Waals surface area contributed by atoms with Gasteiger partial charge in [-0.05, 0) is 36.2 Å². The molecule has 3 aromatic rings. The normalized spacial score (nSPS) is 19.6. The monoisotopic (exact) mass is 444 g/mol. The molecule has 3 heterocycles. The molecule has 0 radical (unpaired) electrons. The maximum absolute atomic E-state index is 12.8. The third kappa shape index (κ3) is 4.18. The molecule has 1 saturated heterocycles. The van der Waals surface area contributed by atoms with Crippen molar-refractivity contribution in [3.63, 3.8) is 0 Å². The van der Waals surface area contributed by atoms with E-state index in [9.17, 15) is 9.59 Å². The smallest absolute Gasteiger partial charge is 0.251 e. The van der Waals surface area contributed by atoms with Crippen molar-refractivity contribution >= 4 is 23.0 Å². The highest BCUT2D eigenvalue weighted by Crippen LogP contribution is 2.27. The number of nitrogens with one attached hydrogen (secondary N) is 2. The van der Waals surface area contributed by atoms with Gasteiger partial charge in [-0.25, -0.2) is 10.5 Å². The van der Waals surface area contributed by atoms with Crippen molar-refractivity contribution in [2.75, 3.05) is 13.2 Å². The Hall–Kier alpha value is -3.75. The summed E-state index contributed by atoms with van der Waals surface area (Å²) in [4.78, 5) is 29.5. The summed E-state index contributed by atoms with van der Waals surface area (Å²) >= 11 is 0. The molecule has 0 bridgehead atoms. The number of allylic oxidation sites excluding steroid dienone is 4. The van der Waals surface area contributed by atoms with Crippen molar-refractivity contribution in [3.8, 4) is 0 Å². The second-order valence-corrected chi connectivity index (χ2v) is 8.22. The number of rotatable bonds is 6. The van der Waals surface area contributed by atoms with Gasteiger partial charge in [0.05, 0.1) is 23.9 Å². The van der Waals surface area contributed by atoms with E-state index in [1.807, 2.05) is 42.6 Å². The van der Waals surface area contributed by atoms with Crippen LogP contribution in [0.4, 0.5) is 0 Å². The lowest BCUT2D eigenvalue weighted by atomic mass is 9.94. The summed E-state index contributed by atoms with van der Waals surface area (Å²) in [6.45, 7) is 0.607. The van der Waals surface area contributed by atoms with Crippen molar-refractivity contribution in [2.45, 2.75) is 18.9 Å². The van der Waals surface area contributed by atoms with Gasteiger partial charge in [-0.1, -0.05) is 36.4 Å². The number of nitrogens with zero attached hydrogens (tertiary/aromatic N) is 2. The Labute approximate surface area is 190 Å². The fourth-order valence-corrected chi connectivity index (χ4v) is 4.27. The average molecular weight is 444 g/mol. The molecular weight excluding hydrogens is 420 g/mol. The largest absolute Gasteiger partial charge is 0.380 e. The minimum absolute atomic E-state index is 0.156. The molecule has 0 unspecified atom stereocenters. The number of imidazole rings is 1. The van der Waals surface area contributed by atoms with E-state index in [1.54, 1.807) is 17.6 Å². The molecule has 2 aliphatic rings. The first-order valence-corrected chi connectivity index (χ1v) is 10.9. The van der Waals surface area contributed by atoms with E-state index >= 15 is 0 Å². The van der Waals surface area contributed by atoms with Crippen molar-refractivity contribution in [2.24, 2.45) is 5.92 Å². The van der Waals surface area contributed by atoms with Crippen LogP contribution < -0.4 is 10.8 Å². The maximum Gasteiger partial charge on any atom is 0.251 e. The van der Waals surface area contributed by atoms with Gasteiger partial charge in [-0.3, -0.25) is 14.8 Å². The van der Waals surface area contributed by atoms with Crippen LogP contribution in [0.3, 0.4) is 0 Å². The van der Waals surface area contributed by atoms with Gasteiger partial charge >= 0.3 is 0 Å². The molecule has 1 aliphatic carbocycles. The first-order valence-electron chi connectivity index (χ1n) is 10.9. The van der Waals surface area contributed by atoms with Crippen LogP contribution in [0.2, 0.25) is 0 Å². The number of carbonyl (C=O) groups excluding carboxylic acids is 2. The molecule has 1 aromatic carbocycles. The first-order chi connectivity index (χ1) is 16.1. The molecule has 2 amide bonds. The predicted octanol–water partition coefficient (Wildman–Crippen LogP) is 2.52. The van der Waals surface area contributed by atoms with Crippen LogP contribution in [0.5, 0.6) is 0 Å². The summed E-state index contributed by atoms with van der Waals surface area (Å²) in [5.41, 5.74) is 7.31. The third-order valence-electron chi connectivity index (χ3n) is 6.16. The molecule has 5 rings (SSSR count). The highest BCUT2D eigenvalue weighted by atomic mass is 16.5. The van der Waals surface area contributed by atoms with Crippen LogP contribution >= 0.6 is 0 Å². The van der Waals surface area contributed by atoms with E-state index < -0.39 is 17.9 Å². The van der Waals surface area contributed by atoms with Gasteiger partial charge in [-0.2, -0.15) is 0 Å². The van der Waals surface area contributed by atoms with Gasteiger partial charge in [0.25, 0.3) is 11.8 Å². The number of hydroxylamine groups is 1. The average Bonchev–Trinajstić information content (AvgIpc) is 3.16. The Bertz CT molecular complexity index is 1260. The number of ether oxygens (including phenoxy) is 1. The van der Waals surface area contributed by atoms with Gasteiger partial charge in [0, 0.05) is 36.4 Å². The Morgan fingerprint density at radius 2 is 2.00 bits per heavy atom. The number of hydrogen-bond acceptors (Lipinski definition) is 5. The van der Waals surface area contributed by atoms with E-state index in [0.29, 0.717) is 25.0 Å². The molecule has 8 heteroatoms. The Morgan fingerprint density at radius 3 is 2.73 bits per heavy atom. The minimum atomic E-state index is -0.629. The van der Waals surface area contributed by atoms with Gasteiger partial charge < -0.3 is 14.5 Å². The summed E-state index contributed by atoms with van der Waals surface area (Å²) in [7, 11) is 0. The summed E-state index contributed by atoms with van der Waals surface area (Å²) in [5, 5.41) is 11.9. The van der Waals surface area contributed by atoms with Crippen LogP contribution in [0.25, 0.3) is 11.2 Å². The number of pyridine rings is 1. The van der Waals surface area contributed by atoms with Crippen molar-refractivity contribution in [3.05, 3.63) is 89.4 Å². The van der Waals surface area contributed by atoms with E-state index in [0.717, 1.165) is 28.2 Å². The molecule has 2 atom stereocenters. The zero-order chi connectivity index (χ0) is 22.8. The van der Waals surface area contributed by atoms with E-state index in [4.69, 9.17) is 14.9 Å². The lowest BCUT2D eigenvalue weighted by molar-refractivity contribution is -0.138. The van der Waals surface area contributed by atoms with Gasteiger partial charge in [0.1, 0.15) is 5.65 Å². The molecular formula is C25H24N4O4. The van der Waals surface area contributed by atoms with E-state index in [-0.39, 0.29) is 12.5 Å². The fourth-order valence-electron chi connectivity index (χ4n) is 4.27. The van der Waals surface area contributed by atoms with Crippen LogP contribution in [-0.4, -0.2) is 45.7 Å². The van der Waals surface area contributed by atoms with Crippen LogP contribution in [0.1, 0.15) is 33.7 Å². The molecule has 0 saturated carbocycles. The number of hydrogen-bond donors (Lipinski definition) is 3.